The molecule has 0 bridgehead atoms. The lowest BCUT2D eigenvalue weighted by atomic mass is 10.1. The van der Waals surface area contributed by atoms with E-state index in [-0.39, 0.29) is 0 Å². The maximum absolute atomic E-state index is 11.0. The summed E-state index contributed by atoms with van der Waals surface area (Å²) < 4.78 is 3.89. The number of anilines is 1. The molecule has 4 rings (SSSR count). The van der Waals surface area contributed by atoms with Crippen LogP contribution in [0.5, 0.6) is 0 Å². The number of carbonyl (C=O) groups excluding carboxylic acids is 1. The lowest BCUT2D eigenvalue weighted by Crippen LogP contribution is -2.05. The Morgan fingerprint density at radius 1 is 1.22 bits per heavy atom. The van der Waals surface area contributed by atoms with E-state index in [2.05, 4.69) is 9.97 Å². The molecule has 0 unspecified atom stereocenters. The minimum absolute atomic E-state index is 0.427. The summed E-state index contributed by atoms with van der Waals surface area (Å²) in [6.07, 6.45) is 2.63. The largest absolute Gasteiger partial charge is 0.369 e. The number of benzene rings is 2. The molecular formula is C17H15N5O. The topological polar surface area (TPSA) is 78.7 Å². The maximum Gasteiger partial charge on any atom is 0.201 e. The molecule has 6 nitrogen and oxygen atoms in total. The fourth-order valence-corrected chi connectivity index (χ4v) is 2.91. The minimum atomic E-state index is 0.427. The van der Waals surface area contributed by atoms with Crippen molar-refractivity contribution < 1.29 is 4.79 Å². The van der Waals surface area contributed by atoms with Crippen LogP contribution in [0, 0.1) is 0 Å². The fraction of sp³-hybridized carbons (Fsp3) is 0.118. The molecule has 0 aliphatic heterocycles. The molecule has 2 heterocycles. The number of nitrogens with two attached hydrogens (primary N) is 1. The zero-order valence-corrected chi connectivity index (χ0v) is 12.6. The van der Waals surface area contributed by atoms with Crippen LogP contribution in [0.25, 0.3) is 22.1 Å². The van der Waals surface area contributed by atoms with E-state index in [0.717, 1.165) is 33.9 Å². The van der Waals surface area contributed by atoms with Gasteiger partial charge in [0.2, 0.25) is 5.95 Å². The summed E-state index contributed by atoms with van der Waals surface area (Å²) in [6, 6.07) is 11.4. The zero-order chi connectivity index (χ0) is 16.0. The molecule has 2 aromatic carbocycles. The lowest BCUT2D eigenvalue weighted by molar-refractivity contribution is 0.112. The van der Waals surface area contributed by atoms with Gasteiger partial charge in [0.1, 0.15) is 6.29 Å². The highest BCUT2D eigenvalue weighted by Gasteiger charge is 2.12. The van der Waals surface area contributed by atoms with Gasteiger partial charge < -0.3 is 14.9 Å². The molecule has 0 radical (unpaired) electrons. The summed E-state index contributed by atoms with van der Waals surface area (Å²) in [5.74, 6) is 0.427. The molecule has 0 fully saturated rings. The summed E-state index contributed by atoms with van der Waals surface area (Å²) in [5.41, 5.74) is 11.4. The number of nitrogen functional groups attached to an aromatic ring is 1. The van der Waals surface area contributed by atoms with E-state index >= 15 is 0 Å². The first kappa shape index (κ1) is 13.5. The molecule has 4 aromatic rings. The zero-order valence-electron chi connectivity index (χ0n) is 12.6. The second kappa shape index (κ2) is 4.95. The quantitative estimate of drug-likeness (QED) is 0.589. The van der Waals surface area contributed by atoms with Crippen LogP contribution >= 0.6 is 0 Å². The number of rotatable bonds is 3. The maximum atomic E-state index is 11.0. The van der Waals surface area contributed by atoms with Gasteiger partial charge in [-0.2, -0.15) is 0 Å². The molecule has 0 spiro atoms. The Morgan fingerprint density at radius 3 is 2.91 bits per heavy atom. The molecule has 114 valence electrons. The van der Waals surface area contributed by atoms with Gasteiger partial charge >= 0.3 is 0 Å². The van der Waals surface area contributed by atoms with Crippen LogP contribution in [-0.2, 0) is 13.6 Å². The SMILES string of the molecule is Cn1cnc2c(Cn3c(N)nc4ccc(C=O)cc43)cccc21. The number of carbonyl (C=O) groups is 1. The van der Waals surface area contributed by atoms with Crippen molar-refractivity contribution in [1.82, 2.24) is 19.1 Å². The molecule has 6 heteroatoms. The summed E-state index contributed by atoms with van der Waals surface area (Å²) in [4.78, 5) is 19.9. The highest BCUT2D eigenvalue weighted by molar-refractivity contribution is 5.86. The fourth-order valence-electron chi connectivity index (χ4n) is 2.91. The number of nitrogens with zero attached hydrogens (tertiary/aromatic N) is 4. The van der Waals surface area contributed by atoms with Crippen LogP contribution in [0.4, 0.5) is 5.95 Å². The first-order valence-corrected chi connectivity index (χ1v) is 7.27. The Morgan fingerprint density at radius 2 is 2.09 bits per heavy atom. The Bertz CT molecular complexity index is 1040. The van der Waals surface area contributed by atoms with Crippen LogP contribution in [0.15, 0.2) is 42.7 Å². The lowest BCUT2D eigenvalue weighted by Gasteiger charge is -2.08. The molecule has 0 atom stereocenters. The Kier molecular flexibility index (Phi) is 2.90. The van der Waals surface area contributed by atoms with Crippen molar-refractivity contribution >= 4 is 34.3 Å². The van der Waals surface area contributed by atoms with Gasteiger partial charge in [-0.15, -0.1) is 0 Å². The van der Waals surface area contributed by atoms with Crippen LogP contribution in [-0.4, -0.2) is 25.4 Å². The van der Waals surface area contributed by atoms with Crippen molar-refractivity contribution in [3.05, 3.63) is 53.9 Å². The van der Waals surface area contributed by atoms with Gasteiger partial charge in [0.05, 0.1) is 34.9 Å². The van der Waals surface area contributed by atoms with E-state index in [9.17, 15) is 4.79 Å². The third-order valence-corrected chi connectivity index (χ3v) is 4.10. The Hall–Kier alpha value is -3.15. The van der Waals surface area contributed by atoms with Crippen molar-refractivity contribution in [2.24, 2.45) is 7.05 Å². The van der Waals surface area contributed by atoms with Crippen LogP contribution < -0.4 is 5.73 Å². The van der Waals surface area contributed by atoms with E-state index in [1.807, 2.05) is 46.5 Å². The number of hydrogen-bond acceptors (Lipinski definition) is 4. The van der Waals surface area contributed by atoms with Crippen molar-refractivity contribution in [2.45, 2.75) is 6.54 Å². The van der Waals surface area contributed by atoms with Gasteiger partial charge in [0, 0.05) is 12.6 Å². The smallest absolute Gasteiger partial charge is 0.201 e. The van der Waals surface area contributed by atoms with E-state index in [0.29, 0.717) is 18.1 Å². The van der Waals surface area contributed by atoms with Crippen molar-refractivity contribution in [3.8, 4) is 0 Å². The number of aldehydes is 1. The second-order valence-electron chi connectivity index (χ2n) is 5.56. The molecule has 0 saturated carbocycles. The molecule has 2 aromatic heterocycles. The van der Waals surface area contributed by atoms with E-state index in [4.69, 9.17) is 5.73 Å². The van der Waals surface area contributed by atoms with Crippen LogP contribution in [0.3, 0.4) is 0 Å². The van der Waals surface area contributed by atoms with Gasteiger partial charge in [-0.05, 0) is 29.8 Å². The van der Waals surface area contributed by atoms with Gasteiger partial charge in [-0.3, -0.25) is 4.79 Å². The molecule has 0 saturated heterocycles. The van der Waals surface area contributed by atoms with Gasteiger partial charge in [-0.25, -0.2) is 9.97 Å². The summed E-state index contributed by atoms with van der Waals surface area (Å²) in [7, 11) is 1.97. The minimum Gasteiger partial charge on any atom is -0.369 e. The molecule has 0 aliphatic rings. The first-order valence-electron chi connectivity index (χ1n) is 7.27. The van der Waals surface area contributed by atoms with Gasteiger partial charge in [-0.1, -0.05) is 12.1 Å². The Balaban J connectivity index is 1.88. The summed E-state index contributed by atoms with van der Waals surface area (Å²) in [5, 5.41) is 0. The molecule has 23 heavy (non-hydrogen) atoms. The molecular weight excluding hydrogens is 290 g/mol. The Labute approximate surface area is 132 Å². The van der Waals surface area contributed by atoms with Gasteiger partial charge in [0.15, 0.2) is 0 Å². The highest BCUT2D eigenvalue weighted by atomic mass is 16.1. The second-order valence-corrected chi connectivity index (χ2v) is 5.56. The van der Waals surface area contributed by atoms with E-state index < -0.39 is 0 Å². The average molecular weight is 305 g/mol. The standard InChI is InChI=1S/C17H15N5O/c1-21-10-19-16-12(3-2-4-14(16)21)8-22-15-7-11(9-23)5-6-13(15)20-17(22)18/h2-7,9-10H,8H2,1H3,(H2,18,20). The third kappa shape index (κ3) is 2.07. The normalized spacial score (nSPS) is 11.3. The number of para-hydroxylation sites is 1. The number of hydrogen-bond donors (Lipinski definition) is 1. The summed E-state index contributed by atoms with van der Waals surface area (Å²) in [6.45, 7) is 0.555. The van der Waals surface area contributed by atoms with Crippen LogP contribution in [0.2, 0.25) is 0 Å². The van der Waals surface area contributed by atoms with Crippen molar-refractivity contribution in [2.75, 3.05) is 5.73 Å². The number of aryl methyl sites for hydroxylation is 1. The van der Waals surface area contributed by atoms with Gasteiger partial charge in [0.25, 0.3) is 0 Å². The number of imidazole rings is 2. The predicted octanol–water partition coefficient (Wildman–Crippen LogP) is 2.37. The monoisotopic (exact) mass is 305 g/mol. The van der Waals surface area contributed by atoms with E-state index in [1.165, 1.54) is 0 Å². The van der Waals surface area contributed by atoms with E-state index in [1.54, 1.807) is 12.4 Å². The average Bonchev–Trinajstić information content (AvgIpc) is 3.09. The highest BCUT2D eigenvalue weighted by Crippen LogP contribution is 2.23. The molecule has 0 amide bonds. The summed E-state index contributed by atoms with van der Waals surface area (Å²) >= 11 is 0. The van der Waals surface area contributed by atoms with Crippen LogP contribution in [0.1, 0.15) is 15.9 Å². The van der Waals surface area contributed by atoms with Crippen molar-refractivity contribution in [3.63, 3.8) is 0 Å². The molecule has 0 aliphatic carbocycles. The van der Waals surface area contributed by atoms with Crippen molar-refractivity contribution in [1.29, 1.82) is 0 Å². The molecule has 2 N–H and O–H groups in total. The first-order chi connectivity index (χ1) is 11.2. The predicted molar refractivity (Wildman–Crippen MR) is 89.3 cm³/mol. The number of fused-ring (bicyclic) bond motifs is 2. The number of aromatic nitrogens is 4. The third-order valence-electron chi connectivity index (χ3n) is 4.10.